The van der Waals surface area contributed by atoms with Gasteiger partial charge in [0.2, 0.25) is 5.95 Å². The molecule has 3 N–H and O–H groups in total. The van der Waals surface area contributed by atoms with Gasteiger partial charge in [-0.15, -0.1) is 0 Å². The molecule has 1 amide bonds. The van der Waals surface area contributed by atoms with E-state index in [4.69, 9.17) is 4.74 Å². The van der Waals surface area contributed by atoms with Gasteiger partial charge in [0.05, 0.1) is 18.8 Å². The van der Waals surface area contributed by atoms with Crippen LogP contribution < -0.4 is 15.5 Å². The highest BCUT2D eigenvalue weighted by Crippen LogP contribution is 2.31. The van der Waals surface area contributed by atoms with Gasteiger partial charge in [-0.25, -0.2) is 14.4 Å². The van der Waals surface area contributed by atoms with E-state index in [0.717, 1.165) is 23.8 Å². The van der Waals surface area contributed by atoms with Gasteiger partial charge >= 0.3 is 0 Å². The molecule has 11 heteroatoms. The normalized spacial score (nSPS) is 25.0. The Kier molecular flexibility index (Phi) is 7.64. The van der Waals surface area contributed by atoms with Crippen LogP contribution in [0.25, 0.3) is 10.8 Å². The molecule has 10 nitrogen and oxygen atoms in total. The molecule has 2 fully saturated rings. The van der Waals surface area contributed by atoms with E-state index in [-0.39, 0.29) is 30.5 Å². The summed E-state index contributed by atoms with van der Waals surface area (Å²) in [5, 5.41) is 17.8. The van der Waals surface area contributed by atoms with Gasteiger partial charge in [0.25, 0.3) is 5.91 Å². The third kappa shape index (κ3) is 5.79. The van der Waals surface area contributed by atoms with Crippen LogP contribution in [0.15, 0.2) is 30.7 Å². The molecule has 39 heavy (non-hydrogen) atoms. The van der Waals surface area contributed by atoms with E-state index in [1.54, 1.807) is 29.6 Å². The number of rotatable bonds is 8. The highest BCUT2D eigenvalue weighted by atomic mass is 19.1. The number of alkyl halides is 1. The van der Waals surface area contributed by atoms with Crippen molar-refractivity contribution in [2.45, 2.75) is 76.8 Å². The molecule has 1 saturated heterocycles. The van der Waals surface area contributed by atoms with Crippen molar-refractivity contribution in [3.63, 3.8) is 0 Å². The molecule has 3 aromatic rings. The lowest BCUT2D eigenvalue weighted by molar-refractivity contribution is -0.00866. The average molecular weight is 538 g/mol. The molecular formula is C28H36FN7O3. The van der Waals surface area contributed by atoms with E-state index in [0.29, 0.717) is 48.2 Å². The molecule has 0 bridgehead atoms. The van der Waals surface area contributed by atoms with Crippen LogP contribution in [0.1, 0.15) is 68.9 Å². The second-order valence-corrected chi connectivity index (χ2v) is 10.9. The summed E-state index contributed by atoms with van der Waals surface area (Å²) in [5.74, 6) is 1.40. The number of pyridine rings is 2. The molecule has 3 aromatic heterocycles. The Balaban J connectivity index is 1.37. The van der Waals surface area contributed by atoms with Crippen LogP contribution in [0.4, 0.5) is 22.0 Å². The zero-order valence-electron chi connectivity index (χ0n) is 22.8. The summed E-state index contributed by atoms with van der Waals surface area (Å²) in [7, 11) is 0. The standard InChI is InChI=1S/C28H36FN7O3/c1-5-39-18-10-17(11-18)33-26(38)25-21-14-31-24(12-19(21)20(13-32-25)16(2)3)34-23-6-8-30-27(35-23)36-9-7-22(37)28(4,29)15-36/h6,8,12-14,16-18,22,37H,5,7,9-11,15H2,1-4H3,(H,33,38)(H,30,31,34,35)/t17?,18?,22-,28+/m1/s1. The number of fused-ring (bicyclic) bond motifs is 1. The van der Waals surface area contributed by atoms with Crippen LogP contribution in [-0.2, 0) is 4.74 Å². The summed E-state index contributed by atoms with van der Waals surface area (Å²) in [6, 6.07) is 3.69. The van der Waals surface area contributed by atoms with Gasteiger partial charge < -0.3 is 25.4 Å². The number of nitrogens with one attached hydrogen (secondary N) is 2. The number of aliphatic hydroxyl groups excluding tert-OH is 1. The number of piperidine rings is 1. The van der Waals surface area contributed by atoms with Gasteiger partial charge in [0, 0.05) is 43.2 Å². The minimum atomic E-state index is -1.74. The van der Waals surface area contributed by atoms with Crippen LogP contribution in [0.2, 0.25) is 0 Å². The van der Waals surface area contributed by atoms with E-state index in [9.17, 15) is 14.3 Å². The predicted octanol–water partition coefficient (Wildman–Crippen LogP) is 3.88. The SMILES string of the molecule is CCOC1CC(NC(=O)c2ncc(C(C)C)c3cc(Nc4ccnc(N5CC[C@@H](O)[C@@](C)(F)C5)n4)ncc23)C1. The molecule has 2 aliphatic rings. The van der Waals surface area contributed by atoms with Crippen LogP contribution >= 0.6 is 0 Å². The van der Waals surface area contributed by atoms with E-state index in [1.807, 2.05) is 13.0 Å². The number of anilines is 3. The Morgan fingerprint density at radius 1 is 1.23 bits per heavy atom. The number of aliphatic hydroxyl groups is 1. The smallest absolute Gasteiger partial charge is 0.270 e. The van der Waals surface area contributed by atoms with Crippen LogP contribution in [-0.4, -0.2) is 74.6 Å². The molecule has 1 aliphatic carbocycles. The molecular weight excluding hydrogens is 501 g/mol. The van der Waals surface area contributed by atoms with Crippen LogP contribution in [0.5, 0.6) is 0 Å². The third-order valence-corrected chi connectivity index (χ3v) is 7.52. The molecule has 4 heterocycles. The van der Waals surface area contributed by atoms with Crippen molar-refractivity contribution in [1.82, 2.24) is 25.3 Å². The number of hydrogen-bond donors (Lipinski definition) is 3. The Labute approximate surface area is 227 Å². The minimum absolute atomic E-state index is 0.00851. The zero-order chi connectivity index (χ0) is 27.7. The summed E-state index contributed by atoms with van der Waals surface area (Å²) < 4.78 is 20.3. The number of aromatic nitrogens is 4. The van der Waals surface area contributed by atoms with Crippen molar-refractivity contribution >= 4 is 34.3 Å². The van der Waals surface area contributed by atoms with Gasteiger partial charge in [-0.1, -0.05) is 13.8 Å². The summed E-state index contributed by atoms with van der Waals surface area (Å²) >= 11 is 0. The number of amides is 1. The fourth-order valence-electron chi connectivity index (χ4n) is 5.18. The number of carbonyl (C=O) groups excluding carboxylic acids is 1. The first-order chi connectivity index (χ1) is 18.6. The van der Waals surface area contributed by atoms with Crippen molar-refractivity contribution in [2.75, 3.05) is 29.9 Å². The average Bonchev–Trinajstić information content (AvgIpc) is 2.88. The summed E-state index contributed by atoms with van der Waals surface area (Å²) in [4.78, 5) is 32.8. The molecule has 0 radical (unpaired) electrons. The Morgan fingerprint density at radius 3 is 2.74 bits per heavy atom. The quantitative estimate of drug-likeness (QED) is 0.392. The lowest BCUT2D eigenvalue weighted by Gasteiger charge is -2.38. The first kappa shape index (κ1) is 27.1. The molecule has 1 aliphatic heterocycles. The monoisotopic (exact) mass is 537 g/mol. The van der Waals surface area contributed by atoms with Crippen molar-refractivity contribution in [3.8, 4) is 0 Å². The summed E-state index contributed by atoms with van der Waals surface area (Å²) in [6.45, 7) is 8.67. The van der Waals surface area contributed by atoms with E-state index < -0.39 is 11.8 Å². The summed E-state index contributed by atoms with van der Waals surface area (Å²) in [5.41, 5.74) is -0.386. The predicted molar refractivity (Wildman–Crippen MR) is 147 cm³/mol. The van der Waals surface area contributed by atoms with Gasteiger partial charge in [-0.3, -0.25) is 9.78 Å². The highest BCUT2D eigenvalue weighted by molar-refractivity contribution is 6.06. The van der Waals surface area contributed by atoms with Crippen LogP contribution in [0.3, 0.4) is 0 Å². The van der Waals surface area contributed by atoms with Gasteiger partial charge in [0.15, 0.2) is 5.67 Å². The molecule has 0 aromatic carbocycles. The topological polar surface area (TPSA) is 125 Å². The fourth-order valence-corrected chi connectivity index (χ4v) is 5.18. The van der Waals surface area contributed by atoms with Gasteiger partial charge in [-0.05, 0) is 62.1 Å². The summed E-state index contributed by atoms with van der Waals surface area (Å²) in [6.07, 6.45) is 6.14. The van der Waals surface area contributed by atoms with E-state index in [1.165, 1.54) is 6.92 Å². The number of halogens is 1. The lowest BCUT2D eigenvalue weighted by Crippen LogP contribution is -2.52. The number of carbonyl (C=O) groups is 1. The maximum Gasteiger partial charge on any atom is 0.270 e. The Morgan fingerprint density at radius 2 is 2.03 bits per heavy atom. The maximum atomic E-state index is 14.7. The lowest BCUT2D eigenvalue weighted by atomic mass is 9.89. The van der Waals surface area contributed by atoms with Gasteiger partial charge in [-0.2, -0.15) is 4.98 Å². The first-order valence-corrected chi connectivity index (χ1v) is 13.6. The fraction of sp³-hybridized carbons (Fsp3) is 0.536. The molecule has 0 unspecified atom stereocenters. The van der Waals surface area contributed by atoms with E-state index in [2.05, 4.69) is 44.4 Å². The van der Waals surface area contributed by atoms with Crippen molar-refractivity contribution in [2.24, 2.45) is 0 Å². The minimum Gasteiger partial charge on any atom is -0.390 e. The van der Waals surface area contributed by atoms with Crippen LogP contribution in [0, 0.1) is 0 Å². The zero-order valence-corrected chi connectivity index (χ0v) is 22.8. The molecule has 1 saturated carbocycles. The van der Waals surface area contributed by atoms with Crippen molar-refractivity contribution in [1.29, 1.82) is 0 Å². The molecule has 208 valence electrons. The van der Waals surface area contributed by atoms with Crippen molar-refractivity contribution < 1.29 is 19.0 Å². The Bertz CT molecular complexity index is 1350. The van der Waals surface area contributed by atoms with Gasteiger partial charge in [0.1, 0.15) is 17.3 Å². The Hall–Kier alpha value is -3.44. The molecule has 2 atom stereocenters. The second kappa shape index (κ2) is 11.0. The second-order valence-electron chi connectivity index (χ2n) is 10.9. The first-order valence-electron chi connectivity index (χ1n) is 13.6. The maximum absolute atomic E-state index is 14.7. The largest absolute Gasteiger partial charge is 0.390 e. The molecule has 0 spiro atoms. The third-order valence-electron chi connectivity index (χ3n) is 7.52. The number of nitrogens with zero attached hydrogens (tertiary/aromatic N) is 5. The highest BCUT2D eigenvalue weighted by Gasteiger charge is 2.39. The number of ether oxygens (including phenoxy) is 1. The van der Waals surface area contributed by atoms with Crippen molar-refractivity contribution in [3.05, 3.63) is 42.0 Å². The van der Waals surface area contributed by atoms with E-state index >= 15 is 0 Å². The molecule has 5 rings (SSSR count). The number of hydrogen-bond acceptors (Lipinski definition) is 9.